The second-order valence-electron chi connectivity index (χ2n) is 3.33. The molecule has 7 heteroatoms. The van der Waals surface area contributed by atoms with E-state index < -0.39 is 28.3 Å². The highest BCUT2D eigenvalue weighted by molar-refractivity contribution is 6.42. The van der Waals surface area contributed by atoms with Gasteiger partial charge in [-0.2, -0.15) is 13.8 Å². The van der Waals surface area contributed by atoms with Gasteiger partial charge in [-0.1, -0.05) is 40.9 Å². The van der Waals surface area contributed by atoms with Crippen molar-refractivity contribution in [2.45, 2.75) is 0 Å². The summed E-state index contributed by atoms with van der Waals surface area (Å²) in [6, 6.07) is 3.97. The van der Waals surface area contributed by atoms with Crippen LogP contribution in [0.3, 0.4) is 0 Å². The highest BCUT2D eigenvalue weighted by atomic mass is 35.5. The average molecular weight is 313 g/mol. The standard InChI is InChI=1S/C11H3Cl3F3N/c12-5-2-1-4(3-6(5)13)7-8(14)10(16)18-11(17)9(7)15/h1-3H. The molecule has 94 valence electrons. The van der Waals surface area contributed by atoms with E-state index in [2.05, 4.69) is 4.98 Å². The molecule has 1 nitrogen and oxygen atoms in total. The van der Waals surface area contributed by atoms with E-state index in [0.717, 1.165) is 0 Å². The van der Waals surface area contributed by atoms with Gasteiger partial charge in [-0.05, 0) is 17.7 Å². The molecule has 1 aromatic heterocycles. The van der Waals surface area contributed by atoms with Gasteiger partial charge in [0.15, 0.2) is 5.82 Å². The Labute approximate surface area is 115 Å². The van der Waals surface area contributed by atoms with Crippen molar-refractivity contribution in [3.63, 3.8) is 0 Å². The predicted octanol–water partition coefficient (Wildman–Crippen LogP) is 5.13. The van der Waals surface area contributed by atoms with Gasteiger partial charge >= 0.3 is 0 Å². The van der Waals surface area contributed by atoms with Gasteiger partial charge in [-0.25, -0.2) is 4.39 Å². The van der Waals surface area contributed by atoms with Crippen LogP contribution in [0.4, 0.5) is 13.2 Å². The molecule has 0 aliphatic rings. The first-order valence-electron chi connectivity index (χ1n) is 4.57. The van der Waals surface area contributed by atoms with Crippen molar-refractivity contribution in [2.75, 3.05) is 0 Å². The molecule has 1 heterocycles. The van der Waals surface area contributed by atoms with E-state index in [9.17, 15) is 13.2 Å². The van der Waals surface area contributed by atoms with Gasteiger partial charge in [0.2, 0.25) is 5.95 Å². The first-order valence-corrected chi connectivity index (χ1v) is 5.70. The maximum atomic E-state index is 13.6. The van der Waals surface area contributed by atoms with Gasteiger partial charge in [0.05, 0.1) is 10.0 Å². The SMILES string of the molecule is Fc1nc(F)c(Cl)c(-c2ccc(Cl)c(Cl)c2)c1F. The third kappa shape index (κ3) is 2.28. The number of rotatable bonds is 1. The topological polar surface area (TPSA) is 12.9 Å². The third-order valence-electron chi connectivity index (χ3n) is 2.21. The Balaban J connectivity index is 2.74. The van der Waals surface area contributed by atoms with Crippen LogP contribution in [0.25, 0.3) is 11.1 Å². The Bertz CT molecular complexity index is 605. The summed E-state index contributed by atoms with van der Waals surface area (Å²) >= 11 is 17.0. The van der Waals surface area contributed by atoms with Crippen molar-refractivity contribution in [3.8, 4) is 11.1 Å². The molecule has 0 amide bonds. The maximum Gasteiger partial charge on any atom is 0.252 e. The van der Waals surface area contributed by atoms with Crippen molar-refractivity contribution in [1.82, 2.24) is 4.98 Å². The lowest BCUT2D eigenvalue weighted by atomic mass is 10.1. The summed E-state index contributed by atoms with van der Waals surface area (Å²) in [7, 11) is 0. The van der Waals surface area contributed by atoms with Gasteiger partial charge in [-0.3, -0.25) is 0 Å². The smallest absolute Gasteiger partial charge is 0.201 e. The Morgan fingerprint density at radius 1 is 0.889 bits per heavy atom. The number of hydrogen-bond donors (Lipinski definition) is 0. The van der Waals surface area contributed by atoms with Crippen LogP contribution in [0.15, 0.2) is 18.2 Å². The summed E-state index contributed by atoms with van der Waals surface area (Å²) in [4.78, 5) is 2.70. The van der Waals surface area contributed by atoms with E-state index in [0.29, 0.717) is 0 Å². The Morgan fingerprint density at radius 2 is 1.56 bits per heavy atom. The summed E-state index contributed by atoms with van der Waals surface area (Å²) in [5.74, 6) is -4.21. The van der Waals surface area contributed by atoms with Crippen LogP contribution in [0.1, 0.15) is 0 Å². The summed E-state index contributed by atoms with van der Waals surface area (Å²) in [5, 5.41) is -0.276. The highest BCUT2D eigenvalue weighted by Gasteiger charge is 2.20. The van der Waals surface area contributed by atoms with E-state index in [1.165, 1.54) is 18.2 Å². The summed E-state index contributed by atoms with van der Waals surface area (Å²) in [5.41, 5.74) is -0.340. The largest absolute Gasteiger partial charge is 0.252 e. The average Bonchev–Trinajstić information content (AvgIpc) is 2.31. The molecule has 0 unspecified atom stereocenters. The van der Waals surface area contributed by atoms with Crippen molar-refractivity contribution >= 4 is 34.8 Å². The predicted molar refractivity (Wildman–Crippen MR) is 64.6 cm³/mol. The normalized spacial score (nSPS) is 10.8. The molecule has 0 saturated carbocycles. The van der Waals surface area contributed by atoms with Gasteiger partial charge in [0.25, 0.3) is 5.95 Å². The fourth-order valence-corrected chi connectivity index (χ4v) is 1.92. The summed E-state index contributed by atoms with van der Waals surface area (Å²) in [6.45, 7) is 0. The first-order chi connectivity index (χ1) is 8.41. The third-order valence-corrected chi connectivity index (χ3v) is 3.29. The molecule has 0 bridgehead atoms. The minimum absolute atomic E-state index is 0.104. The lowest BCUT2D eigenvalue weighted by Crippen LogP contribution is -1.99. The van der Waals surface area contributed by atoms with E-state index in [4.69, 9.17) is 34.8 Å². The quantitative estimate of drug-likeness (QED) is 0.666. The van der Waals surface area contributed by atoms with Crippen LogP contribution >= 0.6 is 34.8 Å². The van der Waals surface area contributed by atoms with Crippen molar-refractivity contribution in [3.05, 3.63) is 51.0 Å². The molecule has 0 saturated heterocycles. The van der Waals surface area contributed by atoms with Gasteiger partial charge < -0.3 is 0 Å². The fraction of sp³-hybridized carbons (Fsp3) is 0. The minimum atomic E-state index is -1.57. The number of pyridine rings is 1. The zero-order valence-electron chi connectivity index (χ0n) is 8.45. The molecule has 0 aliphatic carbocycles. The Kier molecular flexibility index (Phi) is 3.71. The van der Waals surface area contributed by atoms with Crippen molar-refractivity contribution in [2.24, 2.45) is 0 Å². The number of nitrogens with zero attached hydrogens (tertiary/aromatic N) is 1. The number of hydrogen-bond acceptors (Lipinski definition) is 1. The molecule has 0 aliphatic heterocycles. The molecule has 2 rings (SSSR count). The van der Waals surface area contributed by atoms with E-state index in [1.54, 1.807) is 0 Å². The maximum absolute atomic E-state index is 13.6. The zero-order chi connectivity index (χ0) is 13.4. The van der Waals surface area contributed by atoms with Crippen LogP contribution in [-0.4, -0.2) is 4.98 Å². The molecule has 0 spiro atoms. The highest BCUT2D eigenvalue weighted by Crippen LogP contribution is 2.35. The Morgan fingerprint density at radius 3 is 2.17 bits per heavy atom. The lowest BCUT2D eigenvalue weighted by molar-refractivity contribution is 0.450. The molecule has 18 heavy (non-hydrogen) atoms. The Hall–Kier alpha value is -0.970. The first kappa shape index (κ1) is 13.5. The molecular formula is C11H3Cl3F3N. The fourth-order valence-electron chi connectivity index (χ4n) is 1.39. The van der Waals surface area contributed by atoms with E-state index in [-0.39, 0.29) is 15.6 Å². The van der Waals surface area contributed by atoms with Gasteiger partial charge in [-0.15, -0.1) is 0 Å². The minimum Gasteiger partial charge on any atom is -0.201 e. The molecular weight excluding hydrogens is 309 g/mol. The molecule has 0 atom stereocenters. The lowest BCUT2D eigenvalue weighted by Gasteiger charge is -2.08. The van der Waals surface area contributed by atoms with Crippen LogP contribution in [0.2, 0.25) is 15.1 Å². The zero-order valence-corrected chi connectivity index (χ0v) is 10.7. The van der Waals surface area contributed by atoms with Crippen LogP contribution in [0.5, 0.6) is 0 Å². The summed E-state index contributed by atoms with van der Waals surface area (Å²) in [6.07, 6.45) is 0. The number of halogens is 6. The van der Waals surface area contributed by atoms with Gasteiger partial charge in [0.1, 0.15) is 5.02 Å². The number of benzene rings is 1. The second kappa shape index (κ2) is 4.96. The molecule has 0 N–H and O–H groups in total. The van der Waals surface area contributed by atoms with Crippen LogP contribution < -0.4 is 0 Å². The number of aromatic nitrogens is 1. The second-order valence-corrected chi connectivity index (χ2v) is 4.52. The monoisotopic (exact) mass is 311 g/mol. The molecule has 1 aromatic carbocycles. The summed E-state index contributed by atoms with van der Waals surface area (Å²) < 4.78 is 39.8. The van der Waals surface area contributed by atoms with Crippen LogP contribution in [-0.2, 0) is 0 Å². The van der Waals surface area contributed by atoms with Crippen molar-refractivity contribution < 1.29 is 13.2 Å². The van der Waals surface area contributed by atoms with Crippen molar-refractivity contribution in [1.29, 1.82) is 0 Å². The van der Waals surface area contributed by atoms with Gasteiger partial charge in [0, 0.05) is 5.56 Å². The molecule has 0 fully saturated rings. The van der Waals surface area contributed by atoms with E-state index in [1.807, 2.05) is 0 Å². The van der Waals surface area contributed by atoms with E-state index >= 15 is 0 Å². The van der Waals surface area contributed by atoms with Crippen LogP contribution in [0, 0.1) is 17.7 Å². The molecule has 0 radical (unpaired) electrons. The molecule has 2 aromatic rings.